The fourth-order valence-electron chi connectivity index (χ4n) is 2.24. The van der Waals surface area contributed by atoms with Gasteiger partial charge in [-0.15, -0.1) is 0 Å². The first kappa shape index (κ1) is 12.1. The molecule has 0 spiro atoms. The number of halogens is 1. The first-order valence-electron chi connectivity index (χ1n) is 6.06. The summed E-state index contributed by atoms with van der Waals surface area (Å²) in [5.74, 6) is -0.00277. The molecule has 0 atom stereocenters. The molecule has 1 aliphatic heterocycles. The molecule has 0 saturated heterocycles. The van der Waals surface area contributed by atoms with Gasteiger partial charge in [0, 0.05) is 41.9 Å². The van der Waals surface area contributed by atoms with Gasteiger partial charge in [-0.3, -0.25) is 4.79 Å². The number of rotatable bonds is 1. The zero-order valence-electron chi connectivity index (χ0n) is 10.2. The molecule has 0 bridgehead atoms. The minimum Gasteiger partial charge on any atom is -0.334 e. The van der Waals surface area contributed by atoms with Crippen LogP contribution in [0.25, 0.3) is 0 Å². The lowest BCUT2D eigenvalue weighted by molar-refractivity contribution is 0.0733. The summed E-state index contributed by atoms with van der Waals surface area (Å²) < 4.78 is 0. The third-order valence-electron chi connectivity index (χ3n) is 3.22. The molecule has 0 aliphatic carbocycles. The second-order valence-corrected chi connectivity index (χ2v) is 4.92. The second kappa shape index (κ2) is 4.97. The van der Waals surface area contributed by atoms with Crippen LogP contribution in [0.5, 0.6) is 0 Å². The molecule has 1 amide bonds. The molecule has 4 nitrogen and oxygen atoms in total. The van der Waals surface area contributed by atoms with Gasteiger partial charge in [0.15, 0.2) is 0 Å². The van der Waals surface area contributed by atoms with Gasteiger partial charge in [-0.25, -0.2) is 9.97 Å². The van der Waals surface area contributed by atoms with Gasteiger partial charge in [0.2, 0.25) is 0 Å². The highest BCUT2D eigenvalue weighted by Gasteiger charge is 2.22. The van der Waals surface area contributed by atoms with E-state index in [4.69, 9.17) is 11.6 Å². The number of benzene rings is 1. The van der Waals surface area contributed by atoms with E-state index in [-0.39, 0.29) is 5.91 Å². The Bertz CT molecular complexity index is 630. The van der Waals surface area contributed by atoms with Crippen molar-refractivity contribution in [1.82, 2.24) is 14.9 Å². The van der Waals surface area contributed by atoms with Crippen LogP contribution < -0.4 is 0 Å². The van der Waals surface area contributed by atoms with Crippen LogP contribution in [0, 0.1) is 0 Å². The molecule has 0 unspecified atom stereocenters. The van der Waals surface area contributed by atoms with Crippen LogP contribution in [0.1, 0.15) is 21.6 Å². The van der Waals surface area contributed by atoms with E-state index in [1.54, 1.807) is 41.7 Å². The molecule has 1 aromatic heterocycles. The SMILES string of the molecule is O=C(c1cccc(Cl)c1)N1CCc2ncncc2C1. The van der Waals surface area contributed by atoms with Crippen molar-refractivity contribution in [3.8, 4) is 0 Å². The molecule has 19 heavy (non-hydrogen) atoms. The van der Waals surface area contributed by atoms with Gasteiger partial charge in [-0.1, -0.05) is 17.7 Å². The molecule has 96 valence electrons. The standard InChI is InChI=1S/C14H12ClN3O/c15-12-3-1-2-10(6-12)14(19)18-5-4-13-11(8-18)7-16-9-17-13/h1-3,6-7,9H,4-5,8H2. The average molecular weight is 274 g/mol. The summed E-state index contributed by atoms with van der Waals surface area (Å²) in [6.45, 7) is 1.23. The third kappa shape index (κ3) is 2.44. The lowest BCUT2D eigenvalue weighted by atomic mass is 10.1. The van der Waals surface area contributed by atoms with E-state index in [0.717, 1.165) is 17.7 Å². The Kier molecular flexibility index (Phi) is 3.17. The monoisotopic (exact) mass is 273 g/mol. The molecule has 1 aromatic carbocycles. The number of fused-ring (bicyclic) bond motifs is 1. The number of carbonyl (C=O) groups is 1. The normalized spacial score (nSPS) is 14.1. The predicted molar refractivity (Wildman–Crippen MR) is 71.9 cm³/mol. The summed E-state index contributed by atoms with van der Waals surface area (Å²) in [5.41, 5.74) is 2.67. The van der Waals surface area contributed by atoms with Crippen molar-refractivity contribution < 1.29 is 4.79 Å². The summed E-state index contributed by atoms with van der Waals surface area (Å²) in [6.07, 6.45) is 4.09. The molecule has 3 rings (SSSR count). The second-order valence-electron chi connectivity index (χ2n) is 4.48. The molecule has 5 heteroatoms. The van der Waals surface area contributed by atoms with E-state index in [9.17, 15) is 4.79 Å². The van der Waals surface area contributed by atoms with Crippen molar-refractivity contribution >= 4 is 17.5 Å². The number of amides is 1. The fourth-order valence-corrected chi connectivity index (χ4v) is 2.43. The van der Waals surface area contributed by atoms with Crippen molar-refractivity contribution in [3.05, 3.63) is 58.6 Å². The Hall–Kier alpha value is -1.94. The Balaban J connectivity index is 1.83. The zero-order valence-corrected chi connectivity index (χ0v) is 11.0. The van der Waals surface area contributed by atoms with Crippen molar-refractivity contribution in [3.63, 3.8) is 0 Å². The van der Waals surface area contributed by atoms with Crippen molar-refractivity contribution in [2.45, 2.75) is 13.0 Å². The first-order valence-corrected chi connectivity index (χ1v) is 6.44. The molecule has 0 radical (unpaired) electrons. The average Bonchev–Trinajstić information content (AvgIpc) is 2.46. The van der Waals surface area contributed by atoms with Gasteiger partial charge >= 0.3 is 0 Å². The van der Waals surface area contributed by atoms with Crippen LogP contribution in [0.4, 0.5) is 0 Å². The zero-order chi connectivity index (χ0) is 13.2. The molecular formula is C14H12ClN3O. The van der Waals surface area contributed by atoms with Crippen LogP contribution in [-0.2, 0) is 13.0 Å². The quantitative estimate of drug-likeness (QED) is 0.801. The molecule has 0 fully saturated rings. The molecule has 2 aromatic rings. The maximum atomic E-state index is 12.4. The van der Waals surface area contributed by atoms with E-state index in [0.29, 0.717) is 23.7 Å². The minimum atomic E-state index is -0.00277. The smallest absolute Gasteiger partial charge is 0.254 e. The van der Waals surface area contributed by atoms with Crippen LogP contribution in [0.15, 0.2) is 36.8 Å². The number of nitrogens with zero attached hydrogens (tertiary/aromatic N) is 3. The van der Waals surface area contributed by atoms with Gasteiger partial charge in [0.25, 0.3) is 5.91 Å². The molecular weight excluding hydrogens is 262 g/mol. The minimum absolute atomic E-state index is 0.00277. The highest BCUT2D eigenvalue weighted by molar-refractivity contribution is 6.30. The van der Waals surface area contributed by atoms with E-state index in [2.05, 4.69) is 9.97 Å². The molecule has 1 aliphatic rings. The topological polar surface area (TPSA) is 46.1 Å². The van der Waals surface area contributed by atoms with Gasteiger partial charge in [-0.2, -0.15) is 0 Å². The predicted octanol–water partition coefficient (Wildman–Crippen LogP) is 2.33. The first-order chi connectivity index (χ1) is 9.24. The van der Waals surface area contributed by atoms with Crippen molar-refractivity contribution in [2.75, 3.05) is 6.54 Å². The van der Waals surface area contributed by atoms with Crippen molar-refractivity contribution in [2.24, 2.45) is 0 Å². The maximum Gasteiger partial charge on any atom is 0.254 e. The van der Waals surface area contributed by atoms with E-state index < -0.39 is 0 Å². The molecule has 0 saturated carbocycles. The summed E-state index contributed by atoms with van der Waals surface area (Å²) in [7, 11) is 0. The summed E-state index contributed by atoms with van der Waals surface area (Å²) in [5, 5.41) is 0.576. The van der Waals surface area contributed by atoms with Crippen LogP contribution >= 0.6 is 11.6 Å². The van der Waals surface area contributed by atoms with E-state index in [1.165, 1.54) is 0 Å². The lowest BCUT2D eigenvalue weighted by Crippen LogP contribution is -2.36. The van der Waals surface area contributed by atoms with Gasteiger partial charge < -0.3 is 4.90 Å². The highest BCUT2D eigenvalue weighted by Crippen LogP contribution is 2.19. The number of aromatic nitrogens is 2. The Labute approximate surface area is 116 Å². The number of carbonyl (C=O) groups excluding carboxylic acids is 1. The molecule has 2 heterocycles. The van der Waals surface area contributed by atoms with Gasteiger partial charge in [0.05, 0.1) is 5.69 Å². The van der Waals surface area contributed by atoms with Crippen molar-refractivity contribution in [1.29, 1.82) is 0 Å². The number of hydrogen-bond acceptors (Lipinski definition) is 3. The summed E-state index contributed by atoms with van der Waals surface area (Å²) in [4.78, 5) is 22.4. The van der Waals surface area contributed by atoms with E-state index >= 15 is 0 Å². The van der Waals surface area contributed by atoms with Gasteiger partial charge in [0.1, 0.15) is 6.33 Å². The largest absolute Gasteiger partial charge is 0.334 e. The van der Waals surface area contributed by atoms with Gasteiger partial charge in [-0.05, 0) is 18.2 Å². The maximum absolute atomic E-state index is 12.4. The van der Waals surface area contributed by atoms with Crippen LogP contribution in [-0.4, -0.2) is 27.3 Å². The lowest BCUT2D eigenvalue weighted by Gasteiger charge is -2.27. The van der Waals surface area contributed by atoms with Crippen LogP contribution in [0.3, 0.4) is 0 Å². The summed E-state index contributed by atoms with van der Waals surface area (Å²) in [6, 6.07) is 7.03. The number of hydrogen-bond donors (Lipinski definition) is 0. The Morgan fingerprint density at radius 2 is 2.26 bits per heavy atom. The van der Waals surface area contributed by atoms with E-state index in [1.807, 2.05) is 0 Å². The highest BCUT2D eigenvalue weighted by atomic mass is 35.5. The molecule has 0 N–H and O–H groups in total. The van der Waals surface area contributed by atoms with Crippen LogP contribution in [0.2, 0.25) is 5.02 Å². The Morgan fingerprint density at radius 1 is 1.37 bits per heavy atom. The third-order valence-corrected chi connectivity index (χ3v) is 3.45. The Morgan fingerprint density at radius 3 is 3.11 bits per heavy atom. The summed E-state index contributed by atoms with van der Waals surface area (Å²) >= 11 is 5.92. The fraction of sp³-hybridized carbons (Fsp3) is 0.214.